The molecule has 0 aromatic rings. The minimum absolute atomic E-state index is 0.444. The van der Waals surface area contributed by atoms with Crippen LogP contribution >= 0.6 is 0 Å². The first-order valence-corrected chi connectivity index (χ1v) is 5.81. The van der Waals surface area contributed by atoms with Crippen molar-refractivity contribution in [2.75, 3.05) is 19.6 Å². The molecule has 1 atom stereocenters. The van der Waals surface area contributed by atoms with Crippen molar-refractivity contribution in [1.29, 1.82) is 0 Å². The summed E-state index contributed by atoms with van der Waals surface area (Å²) in [6.45, 7) is 5.94. The SMILES string of the molecule is CCCCCCN1CCC[C@@H](N)C1. The lowest BCUT2D eigenvalue weighted by Gasteiger charge is -2.30. The zero-order chi connectivity index (χ0) is 9.52. The van der Waals surface area contributed by atoms with E-state index in [0.29, 0.717) is 6.04 Å². The lowest BCUT2D eigenvalue weighted by Crippen LogP contribution is -2.43. The number of piperidine rings is 1. The average molecular weight is 184 g/mol. The molecule has 0 aliphatic carbocycles. The van der Waals surface area contributed by atoms with Crippen molar-refractivity contribution < 1.29 is 0 Å². The predicted octanol–water partition coefficient (Wildman–Crippen LogP) is 1.99. The molecule has 0 unspecified atom stereocenters. The van der Waals surface area contributed by atoms with E-state index in [9.17, 15) is 0 Å². The van der Waals surface area contributed by atoms with Crippen LogP contribution in [-0.4, -0.2) is 30.6 Å². The van der Waals surface area contributed by atoms with Gasteiger partial charge in [-0.25, -0.2) is 0 Å². The number of hydrogen-bond acceptors (Lipinski definition) is 2. The molecule has 1 fully saturated rings. The number of nitrogens with zero attached hydrogens (tertiary/aromatic N) is 1. The molecule has 0 saturated carbocycles. The molecule has 1 aliphatic heterocycles. The Morgan fingerprint density at radius 1 is 1.31 bits per heavy atom. The highest BCUT2D eigenvalue weighted by Crippen LogP contribution is 2.09. The molecular formula is C11H24N2. The van der Waals surface area contributed by atoms with Gasteiger partial charge in [-0.15, -0.1) is 0 Å². The third-order valence-corrected chi connectivity index (χ3v) is 2.87. The van der Waals surface area contributed by atoms with E-state index in [0.717, 1.165) is 6.54 Å². The minimum atomic E-state index is 0.444. The molecule has 1 aliphatic rings. The maximum atomic E-state index is 5.91. The summed E-state index contributed by atoms with van der Waals surface area (Å²) in [5, 5.41) is 0. The molecule has 0 spiro atoms. The average Bonchev–Trinajstić information content (AvgIpc) is 2.13. The van der Waals surface area contributed by atoms with Crippen LogP contribution in [0, 0.1) is 0 Å². The van der Waals surface area contributed by atoms with Gasteiger partial charge < -0.3 is 10.6 Å². The fourth-order valence-electron chi connectivity index (χ4n) is 2.06. The quantitative estimate of drug-likeness (QED) is 0.662. The van der Waals surface area contributed by atoms with Gasteiger partial charge in [0.2, 0.25) is 0 Å². The summed E-state index contributed by atoms with van der Waals surface area (Å²) in [4.78, 5) is 2.53. The maximum absolute atomic E-state index is 5.91. The van der Waals surface area contributed by atoms with E-state index in [1.165, 1.54) is 51.6 Å². The maximum Gasteiger partial charge on any atom is 0.0168 e. The zero-order valence-electron chi connectivity index (χ0n) is 8.97. The second-order valence-electron chi connectivity index (χ2n) is 4.26. The molecular weight excluding hydrogens is 160 g/mol. The Labute approximate surface area is 82.5 Å². The van der Waals surface area contributed by atoms with Gasteiger partial charge in [-0.3, -0.25) is 0 Å². The lowest BCUT2D eigenvalue weighted by molar-refractivity contribution is 0.205. The number of hydrogen-bond donors (Lipinski definition) is 1. The number of rotatable bonds is 5. The van der Waals surface area contributed by atoms with Crippen LogP contribution in [0.5, 0.6) is 0 Å². The summed E-state index contributed by atoms with van der Waals surface area (Å²) >= 11 is 0. The molecule has 2 N–H and O–H groups in total. The zero-order valence-corrected chi connectivity index (χ0v) is 8.97. The van der Waals surface area contributed by atoms with E-state index in [1.807, 2.05) is 0 Å². The highest BCUT2D eigenvalue weighted by atomic mass is 15.1. The first-order valence-electron chi connectivity index (χ1n) is 5.81. The van der Waals surface area contributed by atoms with Crippen LogP contribution in [0.3, 0.4) is 0 Å². The van der Waals surface area contributed by atoms with Crippen LogP contribution in [0.1, 0.15) is 45.4 Å². The van der Waals surface area contributed by atoms with Gasteiger partial charge in [0, 0.05) is 12.6 Å². The van der Waals surface area contributed by atoms with Crippen molar-refractivity contribution in [3.8, 4) is 0 Å². The molecule has 13 heavy (non-hydrogen) atoms. The second-order valence-corrected chi connectivity index (χ2v) is 4.26. The summed E-state index contributed by atoms with van der Waals surface area (Å²) in [6.07, 6.45) is 8.00. The molecule has 1 heterocycles. The Kier molecular flexibility index (Phi) is 5.40. The molecule has 0 radical (unpaired) electrons. The minimum Gasteiger partial charge on any atom is -0.327 e. The van der Waals surface area contributed by atoms with Crippen molar-refractivity contribution >= 4 is 0 Å². The molecule has 2 heteroatoms. The highest BCUT2D eigenvalue weighted by Gasteiger charge is 2.15. The molecule has 0 amide bonds. The fourth-order valence-corrected chi connectivity index (χ4v) is 2.06. The molecule has 78 valence electrons. The van der Waals surface area contributed by atoms with Crippen LogP contribution < -0.4 is 5.73 Å². The van der Waals surface area contributed by atoms with Crippen molar-refractivity contribution in [2.45, 2.75) is 51.5 Å². The van der Waals surface area contributed by atoms with E-state index in [1.54, 1.807) is 0 Å². The second kappa shape index (κ2) is 6.39. The lowest BCUT2D eigenvalue weighted by atomic mass is 10.1. The van der Waals surface area contributed by atoms with Crippen LogP contribution in [0.15, 0.2) is 0 Å². The van der Waals surface area contributed by atoms with Crippen molar-refractivity contribution in [2.24, 2.45) is 5.73 Å². The van der Waals surface area contributed by atoms with Gasteiger partial charge in [0.1, 0.15) is 0 Å². The summed E-state index contributed by atoms with van der Waals surface area (Å²) in [7, 11) is 0. The number of likely N-dealkylation sites (tertiary alicyclic amines) is 1. The van der Waals surface area contributed by atoms with Gasteiger partial charge in [-0.2, -0.15) is 0 Å². The monoisotopic (exact) mass is 184 g/mol. The third-order valence-electron chi connectivity index (χ3n) is 2.87. The van der Waals surface area contributed by atoms with Crippen LogP contribution in [0.2, 0.25) is 0 Å². The van der Waals surface area contributed by atoms with Crippen molar-refractivity contribution in [3.05, 3.63) is 0 Å². The molecule has 0 aromatic carbocycles. The predicted molar refractivity (Wildman–Crippen MR) is 57.8 cm³/mol. The normalized spacial score (nSPS) is 24.9. The third kappa shape index (κ3) is 4.63. The van der Waals surface area contributed by atoms with E-state index in [-0.39, 0.29) is 0 Å². The Hall–Kier alpha value is -0.0800. The van der Waals surface area contributed by atoms with E-state index in [2.05, 4.69) is 11.8 Å². The Morgan fingerprint density at radius 2 is 2.15 bits per heavy atom. The fraction of sp³-hybridized carbons (Fsp3) is 1.00. The standard InChI is InChI=1S/C11H24N2/c1-2-3-4-5-8-13-9-6-7-11(12)10-13/h11H,2-10,12H2,1H3/t11-/m1/s1. The van der Waals surface area contributed by atoms with Gasteiger partial charge >= 0.3 is 0 Å². The number of unbranched alkanes of at least 4 members (excludes halogenated alkanes) is 3. The van der Waals surface area contributed by atoms with Crippen molar-refractivity contribution in [1.82, 2.24) is 4.90 Å². The van der Waals surface area contributed by atoms with Gasteiger partial charge in [-0.05, 0) is 32.4 Å². The van der Waals surface area contributed by atoms with E-state index < -0.39 is 0 Å². The van der Waals surface area contributed by atoms with E-state index in [4.69, 9.17) is 5.73 Å². The van der Waals surface area contributed by atoms with Crippen LogP contribution in [-0.2, 0) is 0 Å². The molecule has 1 rings (SSSR count). The van der Waals surface area contributed by atoms with Gasteiger partial charge in [0.05, 0.1) is 0 Å². The molecule has 0 aromatic heterocycles. The topological polar surface area (TPSA) is 29.3 Å². The smallest absolute Gasteiger partial charge is 0.0168 e. The highest BCUT2D eigenvalue weighted by molar-refractivity contribution is 4.74. The van der Waals surface area contributed by atoms with Gasteiger partial charge in [0.25, 0.3) is 0 Å². The summed E-state index contributed by atoms with van der Waals surface area (Å²) in [6, 6.07) is 0.444. The van der Waals surface area contributed by atoms with Gasteiger partial charge in [-0.1, -0.05) is 26.2 Å². The Morgan fingerprint density at radius 3 is 2.85 bits per heavy atom. The first kappa shape index (κ1) is 11.0. The Bertz CT molecular complexity index is 125. The van der Waals surface area contributed by atoms with E-state index >= 15 is 0 Å². The largest absolute Gasteiger partial charge is 0.327 e. The van der Waals surface area contributed by atoms with Gasteiger partial charge in [0.15, 0.2) is 0 Å². The first-order chi connectivity index (χ1) is 6.33. The number of nitrogens with two attached hydrogens (primary N) is 1. The summed E-state index contributed by atoms with van der Waals surface area (Å²) < 4.78 is 0. The summed E-state index contributed by atoms with van der Waals surface area (Å²) in [5.41, 5.74) is 5.91. The Balaban J connectivity index is 2.00. The van der Waals surface area contributed by atoms with Crippen LogP contribution in [0.25, 0.3) is 0 Å². The molecule has 2 nitrogen and oxygen atoms in total. The van der Waals surface area contributed by atoms with Crippen molar-refractivity contribution in [3.63, 3.8) is 0 Å². The van der Waals surface area contributed by atoms with Crippen LogP contribution in [0.4, 0.5) is 0 Å². The molecule has 0 bridgehead atoms. The summed E-state index contributed by atoms with van der Waals surface area (Å²) in [5.74, 6) is 0. The molecule has 1 saturated heterocycles.